The Morgan fingerprint density at radius 1 is 1.78 bits per heavy atom. The highest BCUT2D eigenvalue weighted by atomic mass is 16.3. The average Bonchev–Trinajstić information content (AvgIpc) is 2.34. The van der Waals surface area contributed by atoms with Crippen molar-refractivity contribution in [2.75, 3.05) is 6.54 Å². The number of nitrogens with zero attached hydrogens (tertiary/aromatic N) is 1. The van der Waals surface area contributed by atoms with Gasteiger partial charge in [0.05, 0.1) is 12.8 Å². The van der Waals surface area contributed by atoms with Gasteiger partial charge in [-0.05, 0) is 6.07 Å². The van der Waals surface area contributed by atoms with Gasteiger partial charge in [-0.2, -0.15) is 0 Å². The van der Waals surface area contributed by atoms with Gasteiger partial charge < -0.3 is 4.42 Å². The maximum Gasteiger partial charge on any atom is 0.214 e. The minimum atomic E-state index is 0.619. The fourth-order valence-electron chi connectivity index (χ4n) is 0.514. The van der Waals surface area contributed by atoms with Gasteiger partial charge in [0, 0.05) is 6.07 Å². The Kier molecular flexibility index (Phi) is 1.96. The molecule has 1 rings (SSSR count). The monoisotopic (exact) mass is 122 g/mol. The van der Waals surface area contributed by atoms with Crippen molar-refractivity contribution in [3.8, 4) is 0 Å². The first-order valence-electron chi connectivity index (χ1n) is 2.75. The zero-order chi connectivity index (χ0) is 6.53. The van der Waals surface area contributed by atoms with Crippen LogP contribution in [0.4, 0.5) is 5.88 Å². The summed E-state index contributed by atoms with van der Waals surface area (Å²) in [4.78, 5) is 0. The molecule has 0 aliphatic rings. The van der Waals surface area contributed by atoms with E-state index in [4.69, 9.17) is 4.42 Å². The van der Waals surface area contributed by atoms with Crippen LogP contribution in [0.2, 0.25) is 0 Å². The average molecular weight is 122 g/mol. The molecule has 0 unspecified atom stereocenters. The molecule has 9 heavy (non-hydrogen) atoms. The highest BCUT2D eigenvalue weighted by Crippen LogP contribution is 2.05. The summed E-state index contributed by atoms with van der Waals surface area (Å²) >= 11 is 0. The smallest absolute Gasteiger partial charge is 0.214 e. The zero-order valence-corrected chi connectivity index (χ0v) is 5.08. The molecule has 0 aliphatic carbocycles. The molecule has 0 spiro atoms. The number of hydrogen-bond acceptors (Lipinski definition) is 1. The third kappa shape index (κ3) is 1.64. The van der Waals surface area contributed by atoms with Crippen LogP contribution in [0, 0.1) is 0 Å². The Morgan fingerprint density at radius 3 is 3.22 bits per heavy atom. The number of furan rings is 1. The lowest BCUT2D eigenvalue weighted by Crippen LogP contribution is -1.93. The lowest BCUT2D eigenvalue weighted by molar-refractivity contribution is 0.546. The third-order valence-electron chi connectivity index (χ3n) is 0.882. The van der Waals surface area contributed by atoms with Crippen LogP contribution in [-0.4, -0.2) is 6.54 Å². The molecule has 1 heterocycles. The zero-order valence-electron chi connectivity index (χ0n) is 5.08. The molecule has 0 aromatic carbocycles. The van der Waals surface area contributed by atoms with Crippen molar-refractivity contribution in [2.45, 2.75) is 0 Å². The van der Waals surface area contributed by atoms with Crippen molar-refractivity contribution in [3.63, 3.8) is 0 Å². The van der Waals surface area contributed by atoms with E-state index in [1.807, 2.05) is 12.1 Å². The molecule has 0 aliphatic heterocycles. The van der Waals surface area contributed by atoms with E-state index in [0.717, 1.165) is 0 Å². The van der Waals surface area contributed by atoms with E-state index in [1.54, 1.807) is 12.3 Å². The fraction of sp³-hybridized carbons (Fsp3) is 0.143. The molecule has 0 fully saturated rings. The molecule has 2 nitrogen and oxygen atoms in total. The lowest BCUT2D eigenvalue weighted by Gasteiger charge is -1.89. The van der Waals surface area contributed by atoms with Crippen LogP contribution in [0.15, 0.2) is 35.5 Å². The maximum absolute atomic E-state index is 4.92. The van der Waals surface area contributed by atoms with Crippen molar-refractivity contribution in [1.82, 2.24) is 5.32 Å². The maximum atomic E-state index is 4.92. The largest absolute Gasteiger partial charge is 0.447 e. The van der Waals surface area contributed by atoms with Gasteiger partial charge in [-0.15, -0.1) is 6.58 Å². The molecule has 0 N–H and O–H groups in total. The second-order valence-electron chi connectivity index (χ2n) is 1.58. The quantitative estimate of drug-likeness (QED) is 0.560. The van der Waals surface area contributed by atoms with Gasteiger partial charge in [0.25, 0.3) is 0 Å². The molecular weight excluding hydrogens is 114 g/mol. The van der Waals surface area contributed by atoms with Gasteiger partial charge in [-0.1, -0.05) is 6.08 Å². The molecule has 2 heteroatoms. The van der Waals surface area contributed by atoms with E-state index in [-0.39, 0.29) is 0 Å². The summed E-state index contributed by atoms with van der Waals surface area (Å²) in [6.45, 7) is 4.14. The molecule has 1 radical (unpaired) electrons. The van der Waals surface area contributed by atoms with Crippen molar-refractivity contribution in [1.29, 1.82) is 0 Å². The summed E-state index contributed by atoms with van der Waals surface area (Å²) in [6.07, 6.45) is 3.32. The van der Waals surface area contributed by atoms with Crippen molar-refractivity contribution in [2.24, 2.45) is 0 Å². The van der Waals surface area contributed by atoms with Gasteiger partial charge in [-0.3, -0.25) is 0 Å². The van der Waals surface area contributed by atoms with Crippen LogP contribution in [0.25, 0.3) is 0 Å². The van der Waals surface area contributed by atoms with Gasteiger partial charge in [-0.25, -0.2) is 5.32 Å². The Bertz CT molecular complexity index is 167. The fourth-order valence-corrected chi connectivity index (χ4v) is 0.514. The van der Waals surface area contributed by atoms with Gasteiger partial charge in [0.15, 0.2) is 0 Å². The Balaban J connectivity index is 2.38. The summed E-state index contributed by atoms with van der Waals surface area (Å²) < 4.78 is 4.92. The van der Waals surface area contributed by atoms with Crippen LogP contribution in [-0.2, 0) is 0 Å². The summed E-state index contributed by atoms with van der Waals surface area (Å²) in [5, 5.41) is 4.00. The minimum absolute atomic E-state index is 0.619. The molecule has 0 saturated heterocycles. The third-order valence-corrected chi connectivity index (χ3v) is 0.882. The molecule has 1 aromatic rings. The predicted octanol–water partition coefficient (Wildman–Crippen LogP) is 1.70. The Hall–Kier alpha value is -1.18. The number of rotatable bonds is 3. The molecule has 0 atom stereocenters. The lowest BCUT2D eigenvalue weighted by atomic mass is 10.5. The van der Waals surface area contributed by atoms with E-state index in [9.17, 15) is 0 Å². The van der Waals surface area contributed by atoms with E-state index in [2.05, 4.69) is 11.9 Å². The van der Waals surface area contributed by atoms with E-state index in [1.165, 1.54) is 0 Å². The first-order chi connectivity index (χ1) is 4.43. The Labute approximate surface area is 54.2 Å². The van der Waals surface area contributed by atoms with Crippen LogP contribution in [0.1, 0.15) is 0 Å². The first kappa shape index (κ1) is 5.95. The van der Waals surface area contributed by atoms with E-state index >= 15 is 0 Å². The molecule has 47 valence electrons. The molecule has 0 bridgehead atoms. The number of hydrogen-bond donors (Lipinski definition) is 0. The standard InChI is InChI=1S/C7H8NO/c1-2-5-8-7-4-3-6-9-7/h2-4,6H,1,5H2. The molecule has 1 aromatic heterocycles. The summed E-state index contributed by atoms with van der Waals surface area (Å²) in [5.41, 5.74) is 0. The first-order valence-corrected chi connectivity index (χ1v) is 2.75. The highest BCUT2D eigenvalue weighted by molar-refractivity contribution is 5.19. The predicted molar refractivity (Wildman–Crippen MR) is 35.6 cm³/mol. The van der Waals surface area contributed by atoms with Crippen LogP contribution < -0.4 is 5.32 Å². The van der Waals surface area contributed by atoms with Crippen LogP contribution in [0.3, 0.4) is 0 Å². The minimum Gasteiger partial charge on any atom is -0.447 e. The normalized spacial score (nSPS) is 8.89. The summed E-state index contributed by atoms with van der Waals surface area (Å²) in [7, 11) is 0. The van der Waals surface area contributed by atoms with Gasteiger partial charge in [0.1, 0.15) is 0 Å². The van der Waals surface area contributed by atoms with Crippen LogP contribution >= 0.6 is 0 Å². The van der Waals surface area contributed by atoms with Gasteiger partial charge in [0.2, 0.25) is 5.88 Å². The molecular formula is C7H8NO. The molecule has 0 amide bonds. The Morgan fingerprint density at radius 2 is 2.67 bits per heavy atom. The van der Waals surface area contributed by atoms with E-state index in [0.29, 0.717) is 12.4 Å². The SMILES string of the molecule is C=CC[N]c1ccco1. The molecule has 0 saturated carbocycles. The second-order valence-corrected chi connectivity index (χ2v) is 1.58. The summed E-state index contributed by atoms with van der Waals surface area (Å²) in [5.74, 6) is 0.662. The second kappa shape index (κ2) is 2.97. The van der Waals surface area contributed by atoms with E-state index < -0.39 is 0 Å². The van der Waals surface area contributed by atoms with Crippen LogP contribution in [0.5, 0.6) is 0 Å². The van der Waals surface area contributed by atoms with Gasteiger partial charge >= 0.3 is 0 Å². The van der Waals surface area contributed by atoms with Crippen molar-refractivity contribution in [3.05, 3.63) is 31.1 Å². The summed E-state index contributed by atoms with van der Waals surface area (Å²) in [6, 6.07) is 3.62. The van der Waals surface area contributed by atoms with Crippen molar-refractivity contribution < 1.29 is 4.42 Å². The highest BCUT2D eigenvalue weighted by Gasteiger charge is 1.89. The van der Waals surface area contributed by atoms with Crippen molar-refractivity contribution >= 4 is 5.88 Å². The topological polar surface area (TPSA) is 27.2 Å².